The SMILES string of the molecule is C=NC(=CC(Cl)=NC)CCC. The van der Waals surface area contributed by atoms with Crippen molar-refractivity contribution in [2.24, 2.45) is 9.98 Å². The van der Waals surface area contributed by atoms with Crippen molar-refractivity contribution in [1.82, 2.24) is 0 Å². The minimum atomic E-state index is 0.473. The number of aliphatic imine (C=N–C) groups is 2. The Morgan fingerprint density at radius 3 is 2.64 bits per heavy atom. The zero-order chi connectivity index (χ0) is 8.69. The third-order valence-corrected chi connectivity index (χ3v) is 1.49. The maximum absolute atomic E-state index is 5.66. The van der Waals surface area contributed by atoms with Crippen LogP contribution in [0.4, 0.5) is 0 Å². The van der Waals surface area contributed by atoms with E-state index in [0.29, 0.717) is 5.17 Å². The van der Waals surface area contributed by atoms with Gasteiger partial charge in [-0.15, -0.1) is 0 Å². The molecule has 0 fully saturated rings. The summed E-state index contributed by atoms with van der Waals surface area (Å²) >= 11 is 5.66. The lowest BCUT2D eigenvalue weighted by molar-refractivity contribution is 0.897. The molecule has 0 spiro atoms. The van der Waals surface area contributed by atoms with Crippen LogP contribution in [0.3, 0.4) is 0 Å². The van der Waals surface area contributed by atoms with Gasteiger partial charge in [-0.05, 0) is 19.2 Å². The molecule has 0 aliphatic rings. The zero-order valence-corrected chi connectivity index (χ0v) is 7.73. The molecule has 0 amide bonds. The van der Waals surface area contributed by atoms with E-state index >= 15 is 0 Å². The molecule has 0 aliphatic heterocycles. The van der Waals surface area contributed by atoms with Crippen LogP contribution in [0.25, 0.3) is 0 Å². The first-order valence-corrected chi connectivity index (χ1v) is 3.92. The predicted molar refractivity (Wildman–Crippen MR) is 51.8 cm³/mol. The highest BCUT2D eigenvalue weighted by Gasteiger charge is 1.92. The molecule has 0 rings (SSSR count). The molecule has 0 saturated carbocycles. The summed E-state index contributed by atoms with van der Waals surface area (Å²) in [6.45, 7) is 5.51. The van der Waals surface area contributed by atoms with Crippen LogP contribution in [0.5, 0.6) is 0 Å². The Morgan fingerprint density at radius 1 is 1.64 bits per heavy atom. The Hall–Kier alpha value is -0.630. The van der Waals surface area contributed by atoms with Crippen molar-refractivity contribution in [3.63, 3.8) is 0 Å². The van der Waals surface area contributed by atoms with Crippen molar-refractivity contribution in [1.29, 1.82) is 0 Å². The molecule has 0 aromatic carbocycles. The van der Waals surface area contributed by atoms with Crippen LogP contribution in [0.1, 0.15) is 19.8 Å². The van der Waals surface area contributed by atoms with Crippen LogP contribution in [-0.4, -0.2) is 18.9 Å². The third kappa shape index (κ3) is 4.73. The number of nitrogens with zero attached hydrogens (tertiary/aromatic N) is 2. The fourth-order valence-electron chi connectivity index (χ4n) is 0.655. The molecule has 0 atom stereocenters. The molecule has 0 aliphatic carbocycles. The second-order valence-corrected chi connectivity index (χ2v) is 2.48. The van der Waals surface area contributed by atoms with Gasteiger partial charge in [0.1, 0.15) is 5.17 Å². The first-order chi connectivity index (χ1) is 5.24. The molecule has 0 bridgehead atoms. The Labute approximate surface area is 72.7 Å². The lowest BCUT2D eigenvalue weighted by Crippen LogP contribution is -1.84. The molecule has 2 nitrogen and oxygen atoms in total. The number of hydrogen-bond donors (Lipinski definition) is 0. The van der Waals surface area contributed by atoms with E-state index in [1.807, 2.05) is 0 Å². The van der Waals surface area contributed by atoms with Gasteiger partial charge in [0.05, 0.1) is 0 Å². The van der Waals surface area contributed by atoms with E-state index in [4.69, 9.17) is 11.6 Å². The van der Waals surface area contributed by atoms with E-state index < -0.39 is 0 Å². The fraction of sp³-hybridized carbons (Fsp3) is 0.500. The van der Waals surface area contributed by atoms with E-state index in [1.165, 1.54) is 0 Å². The minimum Gasteiger partial charge on any atom is -0.276 e. The van der Waals surface area contributed by atoms with Crippen molar-refractivity contribution >= 4 is 23.5 Å². The Kier molecular flexibility index (Phi) is 5.75. The summed E-state index contributed by atoms with van der Waals surface area (Å²) in [5.74, 6) is 0. The van der Waals surface area contributed by atoms with Crippen LogP contribution >= 0.6 is 11.6 Å². The van der Waals surface area contributed by atoms with Crippen molar-refractivity contribution in [3.05, 3.63) is 11.8 Å². The first kappa shape index (κ1) is 10.4. The maximum Gasteiger partial charge on any atom is 0.125 e. The Bertz CT molecular complexity index is 183. The van der Waals surface area contributed by atoms with Gasteiger partial charge in [-0.2, -0.15) is 0 Å². The van der Waals surface area contributed by atoms with Crippen molar-refractivity contribution in [2.45, 2.75) is 19.8 Å². The van der Waals surface area contributed by atoms with Crippen LogP contribution in [0.15, 0.2) is 21.8 Å². The summed E-state index contributed by atoms with van der Waals surface area (Å²) < 4.78 is 0. The molecule has 11 heavy (non-hydrogen) atoms. The summed E-state index contributed by atoms with van der Waals surface area (Å²) in [5.41, 5.74) is 0.892. The van der Waals surface area contributed by atoms with Crippen LogP contribution in [0, 0.1) is 0 Å². The predicted octanol–water partition coefficient (Wildman–Crippen LogP) is 2.64. The third-order valence-electron chi connectivity index (χ3n) is 1.21. The molecule has 3 heteroatoms. The number of hydrogen-bond acceptors (Lipinski definition) is 2. The average Bonchev–Trinajstić information content (AvgIpc) is 2.03. The highest BCUT2D eigenvalue weighted by atomic mass is 35.5. The minimum absolute atomic E-state index is 0.473. The molecular weight excluding hydrogens is 160 g/mol. The second kappa shape index (κ2) is 6.10. The monoisotopic (exact) mass is 172 g/mol. The van der Waals surface area contributed by atoms with Gasteiger partial charge in [-0.3, -0.25) is 9.98 Å². The van der Waals surface area contributed by atoms with Gasteiger partial charge in [0, 0.05) is 12.7 Å². The summed E-state index contributed by atoms with van der Waals surface area (Å²) in [6.07, 6.45) is 3.67. The Balaban J connectivity index is 4.22. The highest BCUT2D eigenvalue weighted by Crippen LogP contribution is 2.06. The van der Waals surface area contributed by atoms with Gasteiger partial charge >= 0.3 is 0 Å². The number of rotatable bonds is 4. The van der Waals surface area contributed by atoms with Crippen LogP contribution in [0.2, 0.25) is 0 Å². The molecule has 0 aromatic rings. The van der Waals surface area contributed by atoms with E-state index in [-0.39, 0.29) is 0 Å². The van der Waals surface area contributed by atoms with Crippen molar-refractivity contribution in [2.75, 3.05) is 7.05 Å². The lowest BCUT2D eigenvalue weighted by Gasteiger charge is -1.95. The summed E-state index contributed by atoms with van der Waals surface area (Å²) in [4.78, 5) is 7.59. The van der Waals surface area contributed by atoms with Gasteiger partial charge in [0.2, 0.25) is 0 Å². The molecule has 62 valence electrons. The van der Waals surface area contributed by atoms with Gasteiger partial charge in [-0.1, -0.05) is 24.9 Å². The van der Waals surface area contributed by atoms with E-state index in [9.17, 15) is 0 Å². The molecule has 0 heterocycles. The number of halogens is 1. The fourth-order valence-corrected chi connectivity index (χ4v) is 0.781. The van der Waals surface area contributed by atoms with E-state index in [1.54, 1.807) is 13.1 Å². The quantitative estimate of drug-likeness (QED) is 0.583. The summed E-state index contributed by atoms with van der Waals surface area (Å²) in [6, 6.07) is 0. The standard InChI is InChI=1S/C8H13ClN2/c1-4-5-7(10-2)6-8(9)11-3/h6H,2,4-5H2,1,3H3. The van der Waals surface area contributed by atoms with Gasteiger partial charge < -0.3 is 0 Å². The maximum atomic E-state index is 5.66. The zero-order valence-electron chi connectivity index (χ0n) is 6.97. The molecular formula is C8H13ClN2. The number of allylic oxidation sites excluding steroid dienone is 2. The summed E-state index contributed by atoms with van der Waals surface area (Å²) in [5, 5.41) is 0.473. The lowest BCUT2D eigenvalue weighted by atomic mass is 10.2. The van der Waals surface area contributed by atoms with Crippen LogP contribution < -0.4 is 0 Å². The normalized spacial score (nSPS) is 13.4. The first-order valence-electron chi connectivity index (χ1n) is 3.54. The van der Waals surface area contributed by atoms with Gasteiger partial charge in [0.15, 0.2) is 0 Å². The summed E-state index contributed by atoms with van der Waals surface area (Å²) in [7, 11) is 1.64. The van der Waals surface area contributed by atoms with Crippen molar-refractivity contribution < 1.29 is 0 Å². The average molecular weight is 173 g/mol. The molecule has 0 radical (unpaired) electrons. The molecule has 0 unspecified atom stereocenters. The molecule has 0 N–H and O–H groups in total. The largest absolute Gasteiger partial charge is 0.276 e. The van der Waals surface area contributed by atoms with Crippen LogP contribution in [-0.2, 0) is 0 Å². The molecule has 0 saturated heterocycles. The second-order valence-electron chi connectivity index (χ2n) is 2.09. The Morgan fingerprint density at radius 2 is 2.27 bits per heavy atom. The van der Waals surface area contributed by atoms with Gasteiger partial charge in [0.25, 0.3) is 0 Å². The van der Waals surface area contributed by atoms with E-state index in [2.05, 4.69) is 23.6 Å². The molecule has 0 aromatic heterocycles. The van der Waals surface area contributed by atoms with Crippen molar-refractivity contribution in [3.8, 4) is 0 Å². The topological polar surface area (TPSA) is 24.7 Å². The van der Waals surface area contributed by atoms with E-state index in [0.717, 1.165) is 18.5 Å². The van der Waals surface area contributed by atoms with Gasteiger partial charge in [-0.25, -0.2) is 0 Å². The highest BCUT2D eigenvalue weighted by molar-refractivity contribution is 6.68. The smallest absolute Gasteiger partial charge is 0.125 e.